The van der Waals surface area contributed by atoms with E-state index >= 15 is 0 Å². The molecule has 1 aliphatic carbocycles. The van der Waals surface area contributed by atoms with Gasteiger partial charge in [-0.1, -0.05) is 17.7 Å². The molecule has 0 aliphatic heterocycles. The van der Waals surface area contributed by atoms with E-state index in [9.17, 15) is 5.11 Å². The number of hydrogen-bond donors (Lipinski definition) is 2. The number of hydrogen-bond acceptors (Lipinski definition) is 3. The Bertz CT molecular complexity index is 365. The number of ether oxygens (including phenoxy) is 1. The van der Waals surface area contributed by atoms with Crippen molar-refractivity contribution in [1.29, 1.82) is 0 Å². The largest absolute Gasteiger partial charge is 0.508 e. The van der Waals surface area contributed by atoms with Gasteiger partial charge in [0, 0.05) is 30.8 Å². The maximum absolute atomic E-state index is 9.69. The molecule has 2 rings (SSSR count). The Balaban J connectivity index is 1.90. The first kappa shape index (κ1) is 12.7. The third-order valence-corrected chi connectivity index (χ3v) is 3.89. The highest BCUT2D eigenvalue weighted by atomic mass is 35.5. The number of halogens is 1. The van der Waals surface area contributed by atoms with E-state index in [2.05, 4.69) is 5.32 Å². The van der Waals surface area contributed by atoms with Gasteiger partial charge in [0.05, 0.1) is 5.60 Å². The van der Waals surface area contributed by atoms with E-state index in [1.54, 1.807) is 25.3 Å². The number of phenolic OH excluding ortho intramolecular Hbond substituents is 1. The standard InChI is InChI=1S/C13H18ClNO2/c1-17-13(6-3-7-13)9-15-8-10-11(14)4-2-5-12(10)16/h2,4-5,15-16H,3,6-9H2,1H3. The predicted octanol–water partition coefficient (Wildman–Crippen LogP) is 2.70. The topological polar surface area (TPSA) is 41.5 Å². The molecule has 0 atom stereocenters. The van der Waals surface area contributed by atoms with Crippen LogP contribution in [0.15, 0.2) is 18.2 Å². The van der Waals surface area contributed by atoms with Crippen molar-refractivity contribution in [3.05, 3.63) is 28.8 Å². The van der Waals surface area contributed by atoms with E-state index in [0.717, 1.165) is 24.9 Å². The Morgan fingerprint density at radius 1 is 1.47 bits per heavy atom. The molecule has 0 amide bonds. The summed E-state index contributed by atoms with van der Waals surface area (Å²) in [6, 6.07) is 5.18. The van der Waals surface area contributed by atoms with E-state index < -0.39 is 0 Å². The Labute approximate surface area is 107 Å². The molecule has 0 unspecified atom stereocenters. The molecule has 1 saturated carbocycles. The van der Waals surface area contributed by atoms with Crippen molar-refractivity contribution < 1.29 is 9.84 Å². The Kier molecular flexibility index (Phi) is 3.92. The SMILES string of the molecule is COC1(CNCc2c(O)cccc2Cl)CCC1. The first-order valence-electron chi connectivity index (χ1n) is 5.89. The fourth-order valence-electron chi connectivity index (χ4n) is 2.16. The summed E-state index contributed by atoms with van der Waals surface area (Å²) in [5.41, 5.74) is 0.747. The highest BCUT2D eigenvalue weighted by Crippen LogP contribution is 2.34. The Morgan fingerprint density at radius 2 is 2.24 bits per heavy atom. The van der Waals surface area contributed by atoms with Crippen LogP contribution in [0.25, 0.3) is 0 Å². The summed E-state index contributed by atoms with van der Waals surface area (Å²) in [6.07, 6.45) is 3.43. The lowest BCUT2D eigenvalue weighted by molar-refractivity contribution is -0.0695. The number of aromatic hydroxyl groups is 1. The predicted molar refractivity (Wildman–Crippen MR) is 68.4 cm³/mol. The van der Waals surface area contributed by atoms with Crippen LogP contribution in [0.5, 0.6) is 5.75 Å². The Hall–Kier alpha value is -0.770. The number of nitrogens with one attached hydrogen (secondary N) is 1. The van der Waals surface area contributed by atoms with Crippen LogP contribution in [-0.4, -0.2) is 24.4 Å². The smallest absolute Gasteiger partial charge is 0.121 e. The summed E-state index contributed by atoms with van der Waals surface area (Å²) in [5, 5.41) is 13.6. The first-order valence-corrected chi connectivity index (χ1v) is 6.27. The van der Waals surface area contributed by atoms with Crippen LogP contribution >= 0.6 is 11.6 Å². The average molecular weight is 256 g/mol. The van der Waals surface area contributed by atoms with E-state index in [-0.39, 0.29) is 11.4 Å². The van der Waals surface area contributed by atoms with E-state index in [1.807, 2.05) is 0 Å². The van der Waals surface area contributed by atoms with Crippen molar-refractivity contribution in [2.24, 2.45) is 0 Å². The van der Waals surface area contributed by atoms with Crippen molar-refractivity contribution in [2.45, 2.75) is 31.4 Å². The minimum absolute atomic E-state index is 0.00310. The van der Waals surface area contributed by atoms with Gasteiger partial charge in [-0.25, -0.2) is 0 Å². The van der Waals surface area contributed by atoms with Crippen molar-refractivity contribution in [1.82, 2.24) is 5.32 Å². The normalized spacial score (nSPS) is 17.8. The molecule has 0 spiro atoms. The quantitative estimate of drug-likeness (QED) is 0.850. The van der Waals surface area contributed by atoms with Crippen molar-refractivity contribution in [3.8, 4) is 5.75 Å². The average Bonchev–Trinajstić information content (AvgIpc) is 2.26. The maximum atomic E-state index is 9.69. The van der Waals surface area contributed by atoms with Gasteiger partial charge in [-0.3, -0.25) is 0 Å². The molecule has 0 heterocycles. The van der Waals surface area contributed by atoms with E-state index in [4.69, 9.17) is 16.3 Å². The second kappa shape index (κ2) is 5.25. The summed E-state index contributed by atoms with van der Waals surface area (Å²) < 4.78 is 5.51. The molecule has 2 N–H and O–H groups in total. The molecule has 0 bridgehead atoms. The summed E-state index contributed by atoms with van der Waals surface area (Å²) in [7, 11) is 1.76. The van der Waals surface area contributed by atoms with E-state index in [0.29, 0.717) is 11.6 Å². The molecular weight excluding hydrogens is 238 g/mol. The van der Waals surface area contributed by atoms with Crippen LogP contribution in [0.1, 0.15) is 24.8 Å². The van der Waals surface area contributed by atoms with Gasteiger partial charge in [0.1, 0.15) is 5.75 Å². The van der Waals surface area contributed by atoms with Gasteiger partial charge in [-0.05, 0) is 31.4 Å². The zero-order valence-corrected chi connectivity index (χ0v) is 10.8. The van der Waals surface area contributed by atoms with Gasteiger partial charge in [-0.2, -0.15) is 0 Å². The summed E-state index contributed by atoms with van der Waals surface area (Å²) in [4.78, 5) is 0. The van der Waals surface area contributed by atoms with Crippen LogP contribution in [0, 0.1) is 0 Å². The molecule has 0 saturated heterocycles. The van der Waals surface area contributed by atoms with Crippen molar-refractivity contribution in [3.63, 3.8) is 0 Å². The zero-order chi connectivity index (χ0) is 12.3. The van der Waals surface area contributed by atoms with Crippen LogP contribution in [-0.2, 0) is 11.3 Å². The lowest BCUT2D eigenvalue weighted by Gasteiger charge is -2.40. The van der Waals surface area contributed by atoms with Crippen LogP contribution in [0.4, 0.5) is 0 Å². The summed E-state index contributed by atoms with van der Waals surface area (Å²) >= 11 is 6.03. The lowest BCUT2D eigenvalue weighted by Crippen LogP contribution is -2.47. The number of benzene rings is 1. The van der Waals surface area contributed by atoms with Crippen LogP contribution in [0.3, 0.4) is 0 Å². The number of methoxy groups -OCH3 is 1. The van der Waals surface area contributed by atoms with Gasteiger partial charge >= 0.3 is 0 Å². The fraction of sp³-hybridized carbons (Fsp3) is 0.538. The molecule has 1 aromatic rings. The van der Waals surface area contributed by atoms with Crippen LogP contribution in [0.2, 0.25) is 5.02 Å². The third-order valence-electron chi connectivity index (χ3n) is 3.54. The second-order valence-electron chi connectivity index (χ2n) is 4.58. The minimum Gasteiger partial charge on any atom is -0.508 e. The summed E-state index contributed by atoms with van der Waals surface area (Å²) in [5.74, 6) is 0.241. The van der Waals surface area contributed by atoms with Crippen molar-refractivity contribution in [2.75, 3.05) is 13.7 Å². The molecule has 1 aromatic carbocycles. The molecule has 94 valence electrons. The third kappa shape index (κ3) is 2.73. The molecule has 0 aromatic heterocycles. The first-order chi connectivity index (χ1) is 8.17. The molecule has 17 heavy (non-hydrogen) atoms. The van der Waals surface area contributed by atoms with Crippen LogP contribution < -0.4 is 5.32 Å². The Morgan fingerprint density at radius 3 is 2.76 bits per heavy atom. The number of phenols is 1. The van der Waals surface area contributed by atoms with E-state index in [1.165, 1.54) is 6.42 Å². The van der Waals surface area contributed by atoms with Crippen molar-refractivity contribution >= 4 is 11.6 Å². The number of rotatable bonds is 5. The van der Waals surface area contributed by atoms with Gasteiger partial charge in [0.2, 0.25) is 0 Å². The van der Waals surface area contributed by atoms with Gasteiger partial charge in [0.15, 0.2) is 0 Å². The highest BCUT2D eigenvalue weighted by Gasteiger charge is 2.36. The van der Waals surface area contributed by atoms with Gasteiger partial charge in [0.25, 0.3) is 0 Å². The molecular formula is C13H18ClNO2. The molecule has 1 aliphatic rings. The zero-order valence-electron chi connectivity index (χ0n) is 10.0. The fourth-order valence-corrected chi connectivity index (χ4v) is 2.40. The minimum atomic E-state index is -0.00310. The second-order valence-corrected chi connectivity index (χ2v) is 4.99. The molecule has 3 nitrogen and oxygen atoms in total. The molecule has 0 radical (unpaired) electrons. The summed E-state index contributed by atoms with van der Waals surface area (Å²) in [6.45, 7) is 1.37. The molecule has 4 heteroatoms. The molecule has 1 fully saturated rings. The highest BCUT2D eigenvalue weighted by molar-refractivity contribution is 6.31. The lowest BCUT2D eigenvalue weighted by atomic mass is 9.80. The monoisotopic (exact) mass is 255 g/mol. The van der Waals surface area contributed by atoms with Gasteiger partial charge in [-0.15, -0.1) is 0 Å². The maximum Gasteiger partial charge on any atom is 0.121 e. The van der Waals surface area contributed by atoms with Gasteiger partial charge < -0.3 is 15.2 Å².